The molecular formula is C17H21Cl2N3O4. The van der Waals surface area contributed by atoms with Crippen LogP contribution in [-0.4, -0.2) is 72.5 Å². The first-order valence-corrected chi connectivity index (χ1v) is 9.28. The monoisotopic (exact) mass is 401 g/mol. The molecule has 26 heavy (non-hydrogen) atoms. The van der Waals surface area contributed by atoms with Crippen LogP contribution in [0.4, 0.5) is 9.59 Å². The average Bonchev–Trinajstić information content (AvgIpc) is 2.82. The summed E-state index contributed by atoms with van der Waals surface area (Å²) in [7, 11) is 0. The van der Waals surface area contributed by atoms with Crippen molar-refractivity contribution in [2.75, 3.05) is 39.3 Å². The Morgan fingerprint density at radius 2 is 2.12 bits per heavy atom. The zero-order chi connectivity index (χ0) is 18.7. The summed E-state index contributed by atoms with van der Waals surface area (Å²) >= 11 is 12.2. The van der Waals surface area contributed by atoms with Crippen molar-refractivity contribution in [3.63, 3.8) is 0 Å². The van der Waals surface area contributed by atoms with Crippen molar-refractivity contribution in [1.82, 2.24) is 15.1 Å². The van der Waals surface area contributed by atoms with E-state index in [-0.39, 0.29) is 37.7 Å². The van der Waals surface area contributed by atoms with Crippen LogP contribution in [0.1, 0.15) is 17.9 Å². The molecule has 9 heteroatoms. The molecule has 0 aliphatic carbocycles. The lowest BCUT2D eigenvalue weighted by atomic mass is 9.92. The van der Waals surface area contributed by atoms with Crippen LogP contribution in [0.15, 0.2) is 18.2 Å². The number of carbonyl (C=O) groups is 2. The van der Waals surface area contributed by atoms with Crippen molar-refractivity contribution in [3.8, 4) is 0 Å². The van der Waals surface area contributed by atoms with Crippen LogP contribution in [-0.2, 0) is 4.74 Å². The maximum absolute atomic E-state index is 12.1. The van der Waals surface area contributed by atoms with Gasteiger partial charge < -0.3 is 25.0 Å². The Kier molecular flexibility index (Phi) is 6.11. The number of ether oxygens (including phenoxy) is 1. The second-order valence-electron chi connectivity index (χ2n) is 6.45. The minimum absolute atomic E-state index is 0.118. The Morgan fingerprint density at radius 3 is 2.81 bits per heavy atom. The van der Waals surface area contributed by atoms with Gasteiger partial charge in [-0.15, -0.1) is 0 Å². The molecule has 1 aromatic carbocycles. The normalized spacial score (nSPS) is 24.2. The van der Waals surface area contributed by atoms with Gasteiger partial charge in [0, 0.05) is 38.6 Å². The van der Waals surface area contributed by atoms with Gasteiger partial charge in [0.15, 0.2) is 0 Å². The number of carboxylic acid groups (broad SMARTS) is 1. The summed E-state index contributed by atoms with van der Waals surface area (Å²) in [6.45, 7) is 2.56. The van der Waals surface area contributed by atoms with Gasteiger partial charge in [0.25, 0.3) is 0 Å². The maximum Gasteiger partial charge on any atom is 0.407 e. The van der Waals surface area contributed by atoms with Gasteiger partial charge in [0.1, 0.15) is 0 Å². The van der Waals surface area contributed by atoms with E-state index in [0.717, 1.165) is 12.0 Å². The third-order valence-electron chi connectivity index (χ3n) is 4.77. The molecule has 0 bridgehead atoms. The molecule has 3 amide bonds. The molecule has 1 aromatic rings. The number of carbonyl (C=O) groups excluding carboxylic acids is 1. The van der Waals surface area contributed by atoms with E-state index in [4.69, 9.17) is 27.9 Å². The van der Waals surface area contributed by atoms with Crippen LogP contribution < -0.4 is 5.32 Å². The predicted molar refractivity (Wildman–Crippen MR) is 98.1 cm³/mol. The third kappa shape index (κ3) is 4.34. The molecule has 7 nitrogen and oxygen atoms in total. The summed E-state index contributed by atoms with van der Waals surface area (Å²) in [6, 6.07) is 5.15. The molecule has 0 saturated carbocycles. The fourth-order valence-electron chi connectivity index (χ4n) is 3.36. The highest BCUT2D eigenvalue weighted by Gasteiger charge is 2.34. The highest BCUT2D eigenvalue weighted by atomic mass is 35.5. The fourth-order valence-corrected chi connectivity index (χ4v) is 3.67. The van der Waals surface area contributed by atoms with E-state index in [2.05, 4.69) is 5.32 Å². The SMILES string of the molecule is O=C(O)N1CCO[C@H](CN2CCCNC2=O)[C@H](c2ccc(Cl)c(Cl)c2)C1. The van der Waals surface area contributed by atoms with Gasteiger partial charge in [-0.05, 0) is 24.1 Å². The van der Waals surface area contributed by atoms with E-state index in [0.29, 0.717) is 29.7 Å². The van der Waals surface area contributed by atoms with Crippen molar-refractivity contribution in [1.29, 1.82) is 0 Å². The topological polar surface area (TPSA) is 82.1 Å². The summed E-state index contributed by atoms with van der Waals surface area (Å²) in [5.41, 5.74) is 0.843. The fraction of sp³-hybridized carbons (Fsp3) is 0.529. The molecule has 0 aromatic heterocycles. The molecule has 2 aliphatic rings. The zero-order valence-corrected chi connectivity index (χ0v) is 15.7. The first-order chi connectivity index (χ1) is 12.5. The molecule has 142 valence electrons. The van der Waals surface area contributed by atoms with Gasteiger partial charge >= 0.3 is 12.1 Å². The van der Waals surface area contributed by atoms with Crippen molar-refractivity contribution in [2.24, 2.45) is 0 Å². The molecule has 0 spiro atoms. The minimum atomic E-state index is -0.991. The molecule has 2 heterocycles. The first kappa shape index (κ1) is 19.1. The van der Waals surface area contributed by atoms with E-state index in [1.165, 1.54) is 4.90 Å². The van der Waals surface area contributed by atoms with Crippen LogP contribution in [0.25, 0.3) is 0 Å². The number of halogens is 2. The van der Waals surface area contributed by atoms with E-state index in [1.54, 1.807) is 17.0 Å². The van der Waals surface area contributed by atoms with E-state index >= 15 is 0 Å². The number of urea groups is 1. The van der Waals surface area contributed by atoms with Gasteiger partial charge in [0.05, 0.1) is 22.8 Å². The van der Waals surface area contributed by atoms with E-state index < -0.39 is 6.09 Å². The Bertz CT molecular complexity index is 688. The first-order valence-electron chi connectivity index (χ1n) is 8.53. The summed E-state index contributed by atoms with van der Waals surface area (Å²) in [5, 5.41) is 13.1. The predicted octanol–water partition coefficient (Wildman–Crippen LogP) is 2.87. The van der Waals surface area contributed by atoms with Gasteiger partial charge in [0.2, 0.25) is 0 Å². The number of benzene rings is 1. The molecule has 2 N–H and O–H groups in total. The summed E-state index contributed by atoms with van der Waals surface area (Å²) in [4.78, 5) is 26.6. The number of hydrogen-bond acceptors (Lipinski definition) is 3. The van der Waals surface area contributed by atoms with Crippen LogP contribution in [0.5, 0.6) is 0 Å². The molecule has 2 aliphatic heterocycles. The van der Waals surface area contributed by atoms with Crippen LogP contribution in [0.3, 0.4) is 0 Å². The second kappa shape index (κ2) is 8.33. The van der Waals surface area contributed by atoms with Crippen molar-refractivity contribution in [3.05, 3.63) is 33.8 Å². The second-order valence-corrected chi connectivity index (χ2v) is 7.26. The van der Waals surface area contributed by atoms with Crippen LogP contribution >= 0.6 is 23.2 Å². The minimum Gasteiger partial charge on any atom is -0.465 e. The van der Waals surface area contributed by atoms with Crippen LogP contribution in [0, 0.1) is 0 Å². The van der Waals surface area contributed by atoms with E-state index in [1.807, 2.05) is 6.07 Å². The Balaban J connectivity index is 1.86. The molecule has 2 saturated heterocycles. The molecule has 3 rings (SSSR count). The van der Waals surface area contributed by atoms with E-state index in [9.17, 15) is 14.7 Å². The molecule has 0 radical (unpaired) electrons. The Labute approximate surface area is 161 Å². The average molecular weight is 402 g/mol. The Morgan fingerprint density at radius 1 is 1.31 bits per heavy atom. The van der Waals surface area contributed by atoms with Gasteiger partial charge in [-0.3, -0.25) is 0 Å². The van der Waals surface area contributed by atoms with Gasteiger partial charge in [-0.2, -0.15) is 0 Å². The quantitative estimate of drug-likeness (QED) is 0.815. The smallest absolute Gasteiger partial charge is 0.407 e. The number of nitrogens with one attached hydrogen (secondary N) is 1. The van der Waals surface area contributed by atoms with Crippen LogP contribution in [0.2, 0.25) is 10.0 Å². The van der Waals surface area contributed by atoms with Crippen molar-refractivity contribution >= 4 is 35.3 Å². The lowest BCUT2D eigenvalue weighted by Gasteiger charge is -2.34. The van der Waals surface area contributed by atoms with Crippen molar-refractivity contribution in [2.45, 2.75) is 18.4 Å². The number of amides is 3. The summed E-state index contributed by atoms with van der Waals surface area (Å²) in [5.74, 6) is -0.252. The summed E-state index contributed by atoms with van der Waals surface area (Å²) < 4.78 is 5.97. The Hall–Kier alpha value is -1.70. The summed E-state index contributed by atoms with van der Waals surface area (Å²) in [6.07, 6.45) is -0.451. The number of nitrogens with zero attached hydrogens (tertiary/aromatic N) is 2. The standard InChI is InChI=1S/C17H21Cl2N3O4/c18-13-3-2-11(8-14(13)19)12-9-22(17(24)25)6-7-26-15(12)10-21-5-1-4-20-16(21)23/h2-3,8,12,15H,1,4-7,9-10H2,(H,20,23)(H,24,25)/t12-,15+/m0/s1. The largest absolute Gasteiger partial charge is 0.465 e. The highest BCUT2D eigenvalue weighted by Crippen LogP contribution is 2.31. The lowest BCUT2D eigenvalue weighted by Crippen LogP contribution is -2.50. The van der Waals surface area contributed by atoms with Gasteiger partial charge in [-0.1, -0.05) is 29.3 Å². The number of rotatable bonds is 3. The third-order valence-corrected chi connectivity index (χ3v) is 5.51. The zero-order valence-electron chi connectivity index (χ0n) is 14.2. The molecule has 2 atom stereocenters. The molecule has 0 unspecified atom stereocenters. The lowest BCUT2D eigenvalue weighted by molar-refractivity contribution is 0.0289. The van der Waals surface area contributed by atoms with Crippen molar-refractivity contribution < 1.29 is 19.4 Å². The number of hydrogen-bond donors (Lipinski definition) is 2. The highest BCUT2D eigenvalue weighted by molar-refractivity contribution is 6.42. The molecular weight excluding hydrogens is 381 g/mol. The molecule has 2 fully saturated rings. The van der Waals surface area contributed by atoms with Gasteiger partial charge in [-0.25, -0.2) is 9.59 Å². The maximum atomic E-state index is 12.1.